The van der Waals surface area contributed by atoms with E-state index in [1.54, 1.807) is 0 Å². The minimum atomic E-state index is -1.57. The first-order chi connectivity index (χ1) is 14.2. The molecular weight excluding hydrogens is 461 g/mol. The number of thiazole rings is 1. The van der Waals surface area contributed by atoms with Gasteiger partial charge in [-0.1, -0.05) is 5.16 Å². The van der Waals surface area contributed by atoms with Gasteiger partial charge in [0.1, 0.15) is 30.8 Å². The van der Waals surface area contributed by atoms with Crippen LogP contribution in [-0.2, 0) is 28.8 Å². The molecule has 3 rings (SSSR count). The number of thioether (sulfide) groups is 1. The van der Waals surface area contributed by atoms with Crippen molar-refractivity contribution in [2.24, 2.45) is 5.16 Å². The van der Waals surface area contributed by atoms with E-state index in [1.165, 1.54) is 31.2 Å². The Balaban J connectivity index is 0.00000341. The maximum Gasteiger partial charge on any atom is 1.00 e. The van der Waals surface area contributed by atoms with Gasteiger partial charge in [0.2, 0.25) is 0 Å². The Kier molecular flexibility index (Phi) is 8.48. The van der Waals surface area contributed by atoms with E-state index in [4.69, 9.17) is 10.5 Å². The fourth-order valence-electron chi connectivity index (χ4n) is 2.87. The van der Waals surface area contributed by atoms with E-state index in [1.807, 2.05) is 0 Å². The van der Waals surface area contributed by atoms with Crippen molar-refractivity contribution in [3.05, 3.63) is 22.3 Å². The summed E-state index contributed by atoms with van der Waals surface area (Å²) in [6.45, 7) is 0.919. The second-order valence-electron chi connectivity index (χ2n) is 6.07. The molecule has 31 heavy (non-hydrogen) atoms. The number of oxime groups is 1. The number of carboxylic acid groups (broad SMARTS) is 1. The molecule has 1 fully saturated rings. The molecule has 3 heterocycles. The second kappa shape index (κ2) is 10.5. The van der Waals surface area contributed by atoms with Crippen molar-refractivity contribution in [1.82, 2.24) is 15.2 Å². The molecule has 0 aliphatic carbocycles. The number of nitrogens with zero attached hydrogens (tertiary/aromatic N) is 3. The summed E-state index contributed by atoms with van der Waals surface area (Å²) in [6, 6.07) is -0.995. The van der Waals surface area contributed by atoms with Crippen LogP contribution >= 0.6 is 23.1 Å². The average Bonchev–Trinajstić information content (AvgIpc) is 3.13. The molecule has 2 atom stereocenters. The zero-order chi connectivity index (χ0) is 22.0. The number of β-lactam (4-membered cyclic amide) rings is 1. The third kappa shape index (κ3) is 5.20. The zero-order valence-electron chi connectivity index (χ0n) is 16.7. The number of aliphatic carboxylic acids is 1. The third-order valence-corrected chi connectivity index (χ3v) is 6.15. The van der Waals surface area contributed by atoms with Crippen LogP contribution in [0.15, 0.2) is 21.8 Å². The maximum absolute atomic E-state index is 12.6. The number of aromatic nitrogens is 1. The van der Waals surface area contributed by atoms with Gasteiger partial charge in [0, 0.05) is 23.6 Å². The van der Waals surface area contributed by atoms with Crippen LogP contribution in [0.1, 0.15) is 12.6 Å². The summed E-state index contributed by atoms with van der Waals surface area (Å²) in [4.78, 5) is 57.5. The van der Waals surface area contributed by atoms with Gasteiger partial charge in [-0.25, -0.2) is 4.98 Å². The van der Waals surface area contributed by atoms with Gasteiger partial charge < -0.3 is 30.5 Å². The number of anilines is 1. The Morgan fingerprint density at radius 3 is 2.71 bits per heavy atom. The molecule has 12 nitrogen and oxygen atoms in total. The summed E-state index contributed by atoms with van der Waals surface area (Å²) >= 11 is 2.32. The molecule has 15 heteroatoms. The Bertz CT molecular complexity index is 979. The molecule has 0 saturated carbocycles. The largest absolute Gasteiger partial charge is 1.00 e. The number of hydrogen-bond acceptors (Lipinski definition) is 12. The SMILES string of the molecule is CON=C(C(=O)NC1C(=O)N2C(C(=O)[O-])=C(COC(C)=O)CS[C@@H]12)c1csc(N)n1.[Na+]. The van der Waals surface area contributed by atoms with Gasteiger partial charge in [-0.05, 0) is 0 Å². The zero-order valence-corrected chi connectivity index (χ0v) is 20.4. The van der Waals surface area contributed by atoms with Crippen LogP contribution in [0.25, 0.3) is 0 Å². The normalized spacial score (nSPS) is 20.3. The smallest absolute Gasteiger partial charge is 0.543 e. The van der Waals surface area contributed by atoms with Crippen LogP contribution in [0, 0.1) is 0 Å². The summed E-state index contributed by atoms with van der Waals surface area (Å²) in [5, 5.41) is 18.8. The molecule has 160 valence electrons. The number of fused-ring (bicyclic) bond motifs is 1. The first kappa shape index (κ1) is 25.1. The van der Waals surface area contributed by atoms with Crippen LogP contribution in [0.2, 0.25) is 0 Å². The van der Waals surface area contributed by atoms with Gasteiger partial charge in [0.05, 0.1) is 11.7 Å². The van der Waals surface area contributed by atoms with Gasteiger partial charge in [-0.3, -0.25) is 19.3 Å². The van der Waals surface area contributed by atoms with Crippen LogP contribution in [0.4, 0.5) is 5.13 Å². The summed E-state index contributed by atoms with van der Waals surface area (Å²) in [6.07, 6.45) is 0. The molecule has 0 aromatic carbocycles. The quantitative estimate of drug-likeness (QED) is 0.127. The van der Waals surface area contributed by atoms with E-state index in [0.717, 1.165) is 16.2 Å². The maximum atomic E-state index is 12.6. The molecule has 0 bridgehead atoms. The van der Waals surface area contributed by atoms with E-state index in [-0.39, 0.29) is 69.7 Å². The Labute approximate surface area is 206 Å². The molecule has 1 unspecified atom stereocenters. The van der Waals surface area contributed by atoms with E-state index in [0.29, 0.717) is 0 Å². The number of ether oxygens (including phenoxy) is 1. The number of hydrogen-bond donors (Lipinski definition) is 2. The first-order valence-electron chi connectivity index (χ1n) is 8.39. The van der Waals surface area contributed by atoms with Gasteiger partial charge >= 0.3 is 35.5 Å². The number of amides is 2. The average molecular weight is 477 g/mol. The van der Waals surface area contributed by atoms with Crippen molar-refractivity contribution < 1.29 is 63.4 Å². The number of carboxylic acids is 1. The monoisotopic (exact) mass is 477 g/mol. The minimum Gasteiger partial charge on any atom is -0.543 e. The molecule has 1 aromatic heterocycles. The number of rotatable bonds is 7. The number of esters is 1. The Morgan fingerprint density at radius 2 is 2.16 bits per heavy atom. The molecule has 0 spiro atoms. The predicted molar refractivity (Wildman–Crippen MR) is 104 cm³/mol. The summed E-state index contributed by atoms with van der Waals surface area (Å²) in [5.74, 6) is -3.35. The summed E-state index contributed by atoms with van der Waals surface area (Å²) in [5.41, 5.74) is 5.46. The Hall–Kier alpha value is -2.13. The van der Waals surface area contributed by atoms with Crippen LogP contribution < -0.4 is 45.7 Å². The van der Waals surface area contributed by atoms with Gasteiger partial charge in [-0.15, -0.1) is 23.1 Å². The van der Waals surface area contributed by atoms with Crippen LogP contribution in [0.3, 0.4) is 0 Å². The first-order valence-corrected chi connectivity index (χ1v) is 10.3. The van der Waals surface area contributed by atoms with Crippen molar-refractivity contribution >= 4 is 57.7 Å². The van der Waals surface area contributed by atoms with Crippen molar-refractivity contribution in [3.63, 3.8) is 0 Å². The molecular formula is C16H16N5NaO7S2. The number of nitrogen functional groups attached to an aromatic ring is 1. The van der Waals surface area contributed by atoms with Crippen LogP contribution in [-0.4, -0.2) is 70.2 Å². The topological polar surface area (TPSA) is 176 Å². The summed E-state index contributed by atoms with van der Waals surface area (Å²) in [7, 11) is 1.25. The molecule has 2 aliphatic heterocycles. The molecule has 1 saturated heterocycles. The number of carbonyl (C=O) groups excluding carboxylic acids is 4. The fourth-order valence-corrected chi connectivity index (χ4v) is 4.75. The standard InChI is InChI=1S/C16H17N5O7S2.Na/c1-6(22)28-3-7-4-29-14-10(13(24)21(14)11(7)15(25)26)19-12(23)9(20-27-2)8-5-30-16(17)18-8;/h5,10,14H,3-4H2,1-2H3,(H2,17,18)(H,19,23)(H,25,26);/q;+1/p-1/t10?,14-;/m0./s1. The minimum absolute atomic E-state index is 0. The van der Waals surface area contributed by atoms with Crippen LogP contribution in [0.5, 0.6) is 0 Å². The van der Waals surface area contributed by atoms with E-state index >= 15 is 0 Å². The van der Waals surface area contributed by atoms with Crippen molar-refractivity contribution in [1.29, 1.82) is 0 Å². The number of nitrogens with two attached hydrogens (primary N) is 1. The molecule has 0 radical (unpaired) electrons. The number of carbonyl (C=O) groups is 4. The van der Waals surface area contributed by atoms with E-state index < -0.39 is 35.2 Å². The van der Waals surface area contributed by atoms with Gasteiger partial charge in [0.25, 0.3) is 11.8 Å². The van der Waals surface area contributed by atoms with E-state index in [9.17, 15) is 24.3 Å². The number of nitrogens with one attached hydrogen (secondary N) is 1. The fraction of sp³-hybridized carbons (Fsp3) is 0.375. The predicted octanol–water partition coefficient (Wildman–Crippen LogP) is -4.95. The van der Waals surface area contributed by atoms with Crippen molar-refractivity contribution in [3.8, 4) is 0 Å². The molecule has 2 amide bonds. The second-order valence-corrected chi connectivity index (χ2v) is 8.07. The van der Waals surface area contributed by atoms with Gasteiger partial charge in [-0.2, -0.15) is 0 Å². The van der Waals surface area contributed by atoms with Crippen molar-refractivity contribution in [2.45, 2.75) is 18.3 Å². The Morgan fingerprint density at radius 1 is 1.45 bits per heavy atom. The molecule has 3 N–H and O–H groups in total. The van der Waals surface area contributed by atoms with Gasteiger partial charge in [0.15, 0.2) is 10.8 Å². The third-order valence-electron chi connectivity index (χ3n) is 4.14. The van der Waals surface area contributed by atoms with Crippen molar-refractivity contribution in [2.75, 3.05) is 25.2 Å². The van der Waals surface area contributed by atoms with E-state index in [2.05, 4.69) is 20.3 Å². The molecule has 2 aliphatic rings. The molecule has 1 aromatic rings. The summed E-state index contributed by atoms with van der Waals surface area (Å²) < 4.78 is 4.85.